The molecule has 0 aromatic heterocycles. The van der Waals surface area contributed by atoms with Crippen molar-refractivity contribution in [2.24, 2.45) is 5.10 Å². The first-order valence-electron chi connectivity index (χ1n) is 5.47. The summed E-state index contributed by atoms with van der Waals surface area (Å²) >= 11 is 0. The van der Waals surface area contributed by atoms with Crippen LogP contribution in [-0.4, -0.2) is 11.6 Å². The van der Waals surface area contributed by atoms with Crippen LogP contribution in [0, 0.1) is 0 Å². The molecule has 1 fully saturated rings. The summed E-state index contributed by atoms with van der Waals surface area (Å²) in [5.74, 6) is -0.238. The van der Waals surface area contributed by atoms with E-state index in [1.54, 1.807) is 24.3 Å². The van der Waals surface area contributed by atoms with Crippen molar-refractivity contribution in [2.75, 3.05) is 5.73 Å². The molecule has 0 heterocycles. The molecule has 4 heteroatoms. The van der Waals surface area contributed by atoms with E-state index in [0.29, 0.717) is 11.3 Å². The van der Waals surface area contributed by atoms with Gasteiger partial charge >= 0.3 is 0 Å². The lowest BCUT2D eigenvalue weighted by molar-refractivity contribution is 0.0955. The van der Waals surface area contributed by atoms with Gasteiger partial charge in [-0.15, -0.1) is 0 Å². The number of hydrogen-bond acceptors (Lipinski definition) is 3. The van der Waals surface area contributed by atoms with Crippen molar-refractivity contribution >= 4 is 17.3 Å². The van der Waals surface area contributed by atoms with Crippen molar-refractivity contribution in [3.8, 4) is 0 Å². The Bertz CT molecular complexity index is 418. The van der Waals surface area contributed by atoms with Gasteiger partial charge in [-0.25, -0.2) is 5.43 Å². The molecule has 1 amide bonds. The topological polar surface area (TPSA) is 67.5 Å². The molecule has 0 bridgehead atoms. The Morgan fingerprint density at radius 2 is 1.94 bits per heavy atom. The summed E-state index contributed by atoms with van der Waals surface area (Å²) in [6, 6.07) is 6.99. The van der Waals surface area contributed by atoms with Crippen LogP contribution in [0.2, 0.25) is 0 Å². The van der Waals surface area contributed by atoms with Crippen LogP contribution in [-0.2, 0) is 0 Å². The van der Waals surface area contributed by atoms with Crippen LogP contribution in [0.5, 0.6) is 0 Å². The fourth-order valence-corrected chi connectivity index (χ4v) is 1.79. The van der Waals surface area contributed by atoms with Crippen molar-refractivity contribution < 1.29 is 4.79 Å². The summed E-state index contributed by atoms with van der Waals surface area (Å²) < 4.78 is 0. The Labute approximate surface area is 94.5 Å². The minimum Gasteiger partial charge on any atom is -0.398 e. The zero-order valence-electron chi connectivity index (χ0n) is 9.07. The number of hydrogen-bond donors (Lipinski definition) is 2. The highest BCUT2D eigenvalue weighted by atomic mass is 16.2. The van der Waals surface area contributed by atoms with Gasteiger partial charge < -0.3 is 5.73 Å². The smallest absolute Gasteiger partial charge is 0.273 e. The quantitative estimate of drug-likeness (QED) is 0.587. The van der Waals surface area contributed by atoms with Gasteiger partial charge in [0, 0.05) is 11.4 Å². The molecule has 4 nitrogen and oxygen atoms in total. The molecule has 16 heavy (non-hydrogen) atoms. The lowest BCUT2D eigenvalue weighted by atomic mass is 10.2. The maximum absolute atomic E-state index is 11.7. The van der Waals surface area contributed by atoms with Gasteiger partial charge in [0.1, 0.15) is 0 Å². The third-order valence-corrected chi connectivity index (χ3v) is 2.70. The summed E-state index contributed by atoms with van der Waals surface area (Å²) in [5, 5.41) is 4.10. The third-order valence-electron chi connectivity index (χ3n) is 2.70. The summed E-state index contributed by atoms with van der Waals surface area (Å²) in [7, 11) is 0. The van der Waals surface area contributed by atoms with Crippen LogP contribution in [0.3, 0.4) is 0 Å². The Hall–Kier alpha value is -1.84. The van der Waals surface area contributed by atoms with Gasteiger partial charge in [0.15, 0.2) is 0 Å². The zero-order valence-corrected chi connectivity index (χ0v) is 9.07. The monoisotopic (exact) mass is 217 g/mol. The van der Waals surface area contributed by atoms with Gasteiger partial charge in [-0.3, -0.25) is 4.79 Å². The minimum absolute atomic E-state index is 0.238. The molecule has 2 rings (SSSR count). The Morgan fingerprint density at radius 1 is 1.25 bits per heavy atom. The number of carbonyl (C=O) groups is 1. The number of rotatable bonds is 2. The standard InChI is InChI=1S/C12H15N3O/c13-11-8-4-3-7-10(11)12(16)15-14-9-5-1-2-6-9/h3-4,7-8H,1-2,5-6,13H2,(H,15,16). The number of hydrazone groups is 1. The Morgan fingerprint density at radius 3 is 2.62 bits per heavy atom. The van der Waals surface area contributed by atoms with Crippen molar-refractivity contribution in [1.82, 2.24) is 5.43 Å². The first kappa shape index (κ1) is 10.7. The van der Waals surface area contributed by atoms with Crippen LogP contribution in [0.15, 0.2) is 29.4 Å². The second-order valence-corrected chi connectivity index (χ2v) is 3.91. The van der Waals surface area contributed by atoms with Crippen molar-refractivity contribution in [2.45, 2.75) is 25.7 Å². The lowest BCUT2D eigenvalue weighted by Gasteiger charge is -2.03. The van der Waals surface area contributed by atoms with Crippen LogP contribution in [0.4, 0.5) is 5.69 Å². The summed E-state index contributed by atoms with van der Waals surface area (Å²) in [5.41, 5.74) is 10.3. The molecule has 84 valence electrons. The molecule has 0 unspecified atom stereocenters. The molecule has 1 aromatic carbocycles. The number of amides is 1. The number of nitrogen functional groups attached to an aromatic ring is 1. The molecule has 0 spiro atoms. The molecule has 1 aliphatic carbocycles. The number of carbonyl (C=O) groups excluding carboxylic acids is 1. The average molecular weight is 217 g/mol. The summed E-state index contributed by atoms with van der Waals surface area (Å²) in [4.78, 5) is 11.7. The average Bonchev–Trinajstić information content (AvgIpc) is 2.79. The predicted molar refractivity (Wildman–Crippen MR) is 64.2 cm³/mol. The SMILES string of the molecule is Nc1ccccc1C(=O)NN=C1CCCC1. The number of nitrogens with one attached hydrogen (secondary N) is 1. The first-order valence-corrected chi connectivity index (χ1v) is 5.47. The van der Waals surface area contributed by atoms with E-state index in [-0.39, 0.29) is 5.91 Å². The molecule has 0 saturated heterocycles. The molecular weight excluding hydrogens is 202 g/mol. The van der Waals surface area contributed by atoms with E-state index >= 15 is 0 Å². The first-order chi connectivity index (χ1) is 7.77. The van der Waals surface area contributed by atoms with E-state index < -0.39 is 0 Å². The highest BCUT2D eigenvalue weighted by molar-refractivity contribution is 5.99. The van der Waals surface area contributed by atoms with Crippen LogP contribution < -0.4 is 11.2 Å². The molecule has 3 N–H and O–H groups in total. The normalized spacial score (nSPS) is 14.9. The largest absolute Gasteiger partial charge is 0.398 e. The molecular formula is C12H15N3O. The minimum atomic E-state index is -0.238. The molecule has 0 atom stereocenters. The van der Waals surface area contributed by atoms with Crippen LogP contribution in [0.25, 0.3) is 0 Å². The van der Waals surface area contributed by atoms with Gasteiger partial charge in [-0.1, -0.05) is 12.1 Å². The highest BCUT2D eigenvalue weighted by Gasteiger charge is 2.10. The summed E-state index contributed by atoms with van der Waals surface area (Å²) in [6.45, 7) is 0. The van der Waals surface area contributed by atoms with Gasteiger partial charge in [-0.2, -0.15) is 5.10 Å². The Balaban J connectivity index is 2.03. The molecule has 0 aliphatic heterocycles. The maximum Gasteiger partial charge on any atom is 0.273 e. The van der Waals surface area contributed by atoms with Crippen molar-refractivity contribution in [3.05, 3.63) is 29.8 Å². The van der Waals surface area contributed by atoms with Crippen LogP contribution in [0.1, 0.15) is 36.0 Å². The van der Waals surface area contributed by atoms with Crippen molar-refractivity contribution in [1.29, 1.82) is 0 Å². The molecule has 1 aliphatic rings. The van der Waals surface area contributed by atoms with E-state index in [0.717, 1.165) is 18.6 Å². The van der Waals surface area contributed by atoms with Gasteiger partial charge in [-0.05, 0) is 37.8 Å². The molecule has 1 saturated carbocycles. The zero-order chi connectivity index (χ0) is 11.4. The second kappa shape index (κ2) is 4.79. The third kappa shape index (κ3) is 2.39. The molecule has 1 aromatic rings. The van der Waals surface area contributed by atoms with Gasteiger partial charge in [0.05, 0.1) is 5.56 Å². The van der Waals surface area contributed by atoms with E-state index in [2.05, 4.69) is 10.5 Å². The highest BCUT2D eigenvalue weighted by Crippen LogP contribution is 2.14. The predicted octanol–water partition coefficient (Wildman–Crippen LogP) is 1.93. The number of nitrogens with zero attached hydrogens (tertiary/aromatic N) is 1. The van der Waals surface area contributed by atoms with Gasteiger partial charge in [0.25, 0.3) is 5.91 Å². The fourth-order valence-electron chi connectivity index (χ4n) is 1.79. The summed E-state index contributed by atoms with van der Waals surface area (Å²) in [6.07, 6.45) is 4.32. The van der Waals surface area contributed by atoms with Crippen molar-refractivity contribution in [3.63, 3.8) is 0 Å². The van der Waals surface area contributed by atoms with Crippen LogP contribution >= 0.6 is 0 Å². The van der Waals surface area contributed by atoms with E-state index in [1.165, 1.54) is 12.8 Å². The fraction of sp³-hybridized carbons (Fsp3) is 0.333. The number of para-hydroxylation sites is 1. The number of anilines is 1. The van der Waals surface area contributed by atoms with E-state index in [4.69, 9.17) is 5.73 Å². The molecule has 0 radical (unpaired) electrons. The van der Waals surface area contributed by atoms with E-state index in [9.17, 15) is 4.79 Å². The Kier molecular flexibility index (Phi) is 3.19. The second-order valence-electron chi connectivity index (χ2n) is 3.91. The van der Waals surface area contributed by atoms with E-state index in [1.807, 2.05) is 0 Å². The number of nitrogens with two attached hydrogens (primary N) is 1. The van der Waals surface area contributed by atoms with Gasteiger partial charge in [0.2, 0.25) is 0 Å². The number of benzene rings is 1. The maximum atomic E-state index is 11.7. The lowest BCUT2D eigenvalue weighted by Crippen LogP contribution is -2.20.